The summed E-state index contributed by atoms with van der Waals surface area (Å²) in [6, 6.07) is 8.63. The average Bonchev–Trinajstić information content (AvgIpc) is 2.78. The molecule has 0 saturated heterocycles. The Bertz CT molecular complexity index is 546. The van der Waals surface area contributed by atoms with Crippen molar-refractivity contribution in [2.75, 3.05) is 0 Å². The maximum atomic E-state index is 6.24. The first-order valence-corrected chi connectivity index (χ1v) is 6.93. The molecule has 0 amide bonds. The minimum atomic E-state index is 0.469. The SMILES string of the molecule is Cc1ccc(Cn2ccc(CNC(C)C)n2)c(Cl)c1. The number of hydrogen-bond donors (Lipinski definition) is 1. The van der Waals surface area contributed by atoms with E-state index < -0.39 is 0 Å². The molecule has 0 saturated carbocycles. The van der Waals surface area contributed by atoms with Gasteiger partial charge in [-0.2, -0.15) is 5.10 Å². The predicted molar refractivity (Wildman–Crippen MR) is 79.5 cm³/mol. The van der Waals surface area contributed by atoms with Gasteiger partial charge in [0.05, 0.1) is 12.2 Å². The zero-order valence-electron chi connectivity index (χ0n) is 11.7. The Morgan fingerprint density at radius 1 is 1.32 bits per heavy atom. The third kappa shape index (κ3) is 4.08. The summed E-state index contributed by atoms with van der Waals surface area (Å²) in [4.78, 5) is 0. The molecule has 4 heteroatoms. The van der Waals surface area contributed by atoms with Gasteiger partial charge in [0.1, 0.15) is 0 Å². The third-order valence-electron chi connectivity index (χ3n) is 2.93. The number of aryl methyl sites for hydroxylation is 1. The highest BCUT2D eigenvalue weighted by Gasteiger charge is 2.04. The Hall–Kier alpha value is -1.32. The van der Waals surface area contributed by atoms with E-state index in [2.05, 4.69) is 36.4 Å². The number of nitrogens with one attached hydrogen (secondary N) is 1. The van der Waals surface area contributed by atoms with Crippen LogP contribution in [0.1, 0.15) is 30.7 Å². The summed E-state index contributed by atoms with van der Waals surface area (Å²) in [5.74, 6) is 0. The molecule has 1 aromatic heterocycles. The number of halogens is 1. The van der Waals surface area contributed by atoms with Crippen LogP contribution >= 0.6 is 11.6 Å². The van der Waals surface area contributed by atoms with E-state index in [9.17, 15) is 0 Å². The Labute approximate surface area is 119 Å². The number of rotatable bonds is 5. The summed E-state index contributed by atoms with van der Waals surface area (Å²) in [5, 5.41) is 8.70. The minimum Gasteiger partial charge on any atom is -0.309 e. The lowest BCUT2D eigenvalue weighted by Gasteiger charge is -2.07. The Kier molecular flexibility index (Phi) is 4.61. The second-order valence-corrected chi connectivity index (χ2v) is 5.54. The van der Waals surface area contributed by atoms with E-state index >= 15 is 0 Å². The van der Waals surface area contributed by atoms with E-state index in [-0.39, 0.29) is 0 Å². The molecule has 0 bridgehead atoms. The second-order valence-electron chi connectivity index (χ2n) is 5.14. The topological polar surface area (TPSA) is 29.9 Å². The van der Waals surface area contributed by atoms with Crippen molar-refractivity contribution in [1.29, 1.82) is 0 Å². The van der Waals surface area contributed by atoms with Gasteiger partial charge in [-0.25, -0.2) is 0 Å². The Morgan fingerprint density at radius 2 is 2.11 bits per heavy atom. The van der Waals surface area contributed by atoms with Gasteiger partial charge in [0.15, 0.2) is 0 Å². The van der Waals surface area contributed by atoms with Crippen LogP contribution in [-0.2, 0) is 13.1 Å². The van der Waals surface area contributed by atoms with Crippen LogP contribution < -0.4 is 5.32 Å². The third-order valence-corrected chi connectivity index (χ3v) is 3.28. The molecule has 0 atom stereocenters. The van der Waals surface area contributed by atoms with Crippen LogP contribution in [0.5, 0.6) is 0 Å². The molecule has 19 heavy (non-hydrogen) atoms. The number of nitrogens with zero attached hydrogens (tertiary/aromatic N) is 2. The largest absolute Gasteiger partial charge is 0.309 e. The molecule has 0 radical (unpaired) electrons. The number of aromatic nitrogens is 2. The predicted octanol–water partition coefficient (Wildman–Crippen LogP) is 3.39. The van der Waals surface area contributed by atoms with Crippen LogP contribution in [0.2, 0.25) is 5.02 Å². The molecule has 1 aromatic carbocycles. The maximum absolute atomic E-state index is 6.24. The van der Waals surface area contributed by atoms with Crippen molar-refractivity contribution >= 4 is 11.6 Å². The lowest BCUT2D eigenvalue weighted by molar-refractivity contribution is 0.570. The lowest BCUT2D eigenvalue weighted by Crippen LogP contribution is -2.22. The zero-order valence-corrected chi connectivity index (χ0v) is 12.4. The fraction of sp³-hybridized carbons (Fsp3) is 0.400. The van der Waals surface area contributed by atoms with Gasteiger partial charge in [0.25, 0.3) is 0 Å². The Morgan fingerprint density at radius 3 is 2.79 bits per heavy atom. The molecule has 0 aliphatic rings. The quantitative estimate of drug-likeness (QED) is 0.908. The minimum absolute atomic E-state index is 0.469. The molecule has 0 aliphatic carbocycles. The maximum Gasteiger partial charge on any atom is 0.0762 e. The molecule has 0 fully saturated rings. The summed E-state index contributed by atoms with van der Waals surface area (Å²) >= 11 is 6.24. The van der Waals surface area contributed by atoms with Crippen molar-refractivity contribution in [1.82, 2.24) is 15.1 Å². The van der Waals surface area contributed by atoms with Crippen molar-refractivity contribution in [2.24, 2.45) is 0 Å². The molecule has 0 spiro atoms. The summed E-state index contributed by atoms with van der Waals surface area (Å²) in [5.41, 5.74) is 3.33. The van der Waals surface area contributed by atoms with Gasteiger partial charge in [0, 0.05) is 23.8 Å². The lowest BCUT2D eigenvalue weighted by atomic mass is 10.1. The Balaban J connectivity index is 2.03. The van der Waals surface area contributed by atoms with Gasteiger partial charge in [-0.1, -0.05) is 37.6 Å². The standard InChI is InChI=1S/C15H20ClN3/c1-11(2)17-9-14-6-7-19(18-14)10-13-5-4-12(3)8-15(13)16/h4-8,11,17H,9-10H2,1-3H3. The van der Waals surface area contributed by atoms with E-state index in [0.717, 1.165) is 22.8 Å². The van der Waals surface area contributed by atoms with Crippen molar-refractivity contribution in [3.63, 3.8) is 0 Å². The molecule has 0 unspecified atom stereocenters. The normalized spacial score (nSPS) is 11.2. The van der Waals surface area contributed by atoms with Crippen LogP contribution in [0.3, 0.4) is 0 Å². The number of benzene rings is 1. The average molecular weight is 278 g/mol. The van der Waals surface area contributed by atoms with Gasteiger partial charge in [-0.05, 0) is 30.2 Å². The van der Waals surface area contributed by atoms with Gasteiger partial charge in [0.2, 0.25) is 0 Å². The van der Waals surface area contributed by atoms with Crippen molar-refractivity contribution in [2.45, 2.75) is 39.9 Å². The first-order valence-electron chi connectivity index (χ1n) is 6.55. The molecule has 3 nitrogen and oxygen atoms in total. The first kappa shape index (κ1) is 14.1. The highest BCUT2D eigenvalue weighted by atomic mass is 35.5. The van der Waals surface area contributed by atoms with Crippen molar-refractivity contribution in [3.8, 4) is 0 Å². The fourth-order valence-corrected chi connectivity index (χ4v) is 2.14. The van der Waals surface area contributed by atoms with E-state index in [1.807, 2.05) is 29.9 Å². The van der Waals surface area contributed by atoms with E-state index in [1.165, 1.54) is 5.56 Å². The van der Waals surface area contributed by atoms with E-state index in [1.54, 1.807) is 0 Å². The van der Waals surface area contributed by atoms with Gasteiger partial charge in [-0.15, -0.1) is 0 Å². The van der Waals surface area contributed by atoms with Crippen molar-refractivity contribution in [3.05, 3.63) is 52.3 Å². The van der Waals surface area contributed by atoms with E-state index in [0.29, 0.717) is 12.6 Å². The van der Waals surface area contributed by atoms with Gasteiger partial charge >= 0.3 is 0 Å². The van der Waals surface area contributed by atoms with Crippen LogP contribution in [0.15, 0.2) is 30.5 Å². The molecule has 1 heterocycles. The monoisotopic (exact) mass is 277 g/mol. The zero-order chi connectivity index (χ0) is 13.8. The summed E-state index contributed by atoms with van der Waals surface area (Å²) in [7, 11) is 0. The van der Waals surface area contributed by atoms with Crippen LogP contribution in [-0.4, -0.2) is 15.8 Å². The highest BCUT2D eigenvalue weighted by Crippen LogP contribution is 2.18. The summed E-state index contributed by atoms with van der Waals surface area (Å²) in [6.07, 6.45) is 1.99. The van der Waals surface area contributed by atoms with Gasteiger partial charge in [-0.3, -0.25) is 4.68 Å². The van der Waals surface area contributed by atoms with Crippen LogP contribution in [0, 0.1) is 6.92 Å². The highest BCUT2D eigenvalue weighted by molar-refractivity contribution is 6.31. The van der Waals surface area contributed by atoms with Crippen LogP contribution in [0.4, 0.5) is 0 Å². The second kappa shape index (κ2) is 6.22. The van der Waals surface area contributed by atoms with Gasteiger partial charge < -0.3 is 5.32 Å². The van der Waals surface area contributed by atoms with Crippen molar-refractivity contribution < 1.29 is 0 Å². The van der Waals surface area contributed by atoms with E-state index in [4.69, 9.17) is 11.6 Å². The summed E-state index contributed by atoms with van der Waals surface area (Å²) < 4.78 is 1.92. The smallest absolute Gasteiger partial charge is 0.0762 e. The first-order chi connectivity index (χ1) is 9.04. The van der Waals surface area contributed by atoms with Crippen LogP contribution in [0.25, 0.3) is 0 Å². The molecule has 1 N–H and O–H groups in total. The molecule has 102 valence electrons. The molecular formula is C15H20ClN3. The molecule has 2 rings (SSSR count). The number of hydrogen-bond acceptors (Lipinski definition) is 2. The molecular weight excluding hydrogens is 258 g/mol. The molecule has 0 aliphatic heterocycles. The fourth-order valence-electron chi connectivity index (χ4n) is 1.85. The summed E-state index contributed by atoms with van der Waals surface area (Å²) in [6.45, 7) is 7.80. The molecule has 2 aromatic rings.